The second kappa shape index (κ2) is 6.42. The summed E-state index contributed by atoms with van der Waals surface area (Å²) in [5, 5.41) is 0. The molecule has 24 heavy (non-hydrogen) atoms. The van der Waals surface area contributed by atoms with Gasteiger partial charge in [0.25, 0.3) is 0 Å². The van der Waals surface area contributed by atoms with Gasteiger partial charge in [0.05, 0.1) is 11.3 Å². The van der Waals surface area contributed by atoms with Crippen LogP contribution in [0.5, 0.6) is 0 Å². The Balaban J connectivity index is 2.23. The molecule has 1 aromatic rings. The molecular formula is C17H24BrNO4S. The van der Waals surface area contributed by atoms with Crippen LogP contribution in [0.2, 0.25) is 0 Å². The van der Waals surface area contributed by atoms with Gasteiger partial charge in [0.1, 0.15) is 5.60 Å². The molecular weight excluding hydrogens is 394 g/mol. The van der Waals surface area contributed by atoms with Crippen LogP contribution in [0.4, 0.5) is 0 Å². The van der Waals surface area contributed by atoms with Crippen LogP contribution in [0, 0.1) is 0 Å². The number of rotatable bonds is 5. The molecule has 0 amide bonds. The number of ether oxygens (including phenoxy) is 1. The Labute approximate surface area is 152 Å². The van der Waals surface area contributed by atoms with Crippen molar-refractivity contribution in [1.29, 1.82) is 0 Å². The van der Waals surface area contributed by atoms with Gasteiger partial charge in [-0.2, -0.15) is 4.31 Å². The van der Waals surface area contributed by atoms with Crippen LogP contribution in [-0.2, 0) is 26.1 Å². The summed E-state index contributed by atoms with van der Waals surface area (Å²) in [4.78, 5) is 12.6. The highest BCUT2D eigenvalue weighted by atomic mass is 79.9. The Hall–Kier alpha value is -0.920. The smallest absolute Gasteiger partial charge is 0.308 e. The Bertz CT molecular complexity index is 756. The minimum absolute atomic E-state index is 0.00478. The van der Waals surface area contributed by atoms with Crippen molar-refractivity contribution in [3.63, 3.8) is 0 Å². The number of hydrogen-bond acceptors (Lipinski definition) is 4. The fraction of sp³-hybridized carbons (Fsp3) is 0.588. The van der Waals surface area contributed by atoms with E-state index >= 15 is 0 Å². The van der Waals surface area contributed by atoms with E-state index in [-0.39, 0.29) is 18.9 Å². The summed E-state index contributed by atoms with van der Waals surface area (Å²) in [6, 6.07) is 5.12. The molecule has 1 aliphatic heterocycles. The average Bonchev–Trinajstić information content (AvgIpc) is 2.69. The largest absolute Gasteiger partial charge is 0.460 e. The first-order valence-corrected chi connectivity index (χ1v) is 10.2. The first kappa shape index (κ1) is 19.4. The fourth-order valence-corrected chi connectivity index (χ4v) is 5.04. The summed E-state index contributed by atoms with van der Waals surface area (Å²) in [6.07, 6.45) is 0.700. The molecule has 0 aromatic heterocycles. The topological polar surface area (TPSA) is 63.7 Å². The van der Waals surface area contributed by atoms with E-state index in [9.17, 15) is 13.2 Å². The zero-order valence-electron chi connectivity index (χ0n) is 14.7. The van der Waals surface area contributed by atoms with Crippen molar-refractivity contribution in [3.8, 4) is 0 Å². The Morgan fingerprint density at radius 1 is 1.29 bits per heavy atom. The maximum Gasteiger partial charge on any atom is 0.308 e. The van der Waals surface area contributed by atoms with Crippen molar-refractivity contribution < 1.29 is 17.9 Å². The van der Waals surface area contributed by atoms with Gasteiger partial charge < -0.3 is 4.74 Å². The standard InChI is InChI=1S/C17H24BrNO4S/c1-6-17(4,5)23-15(20)10-16(2,3)19-11-12-9-13(18)7-8-14(12)24(19,21)22/h7-9H,6,10-11H2,1-5H3. The van der Waals surface area contributed by atoms with Crippen LogP contribution < -0.4 is 0 Å². The molecule has 0 unspecified atom stereocenters. The SMILES string of the molecule is CCC(C)(C)OC(=O)CC(C)(C)N1Cc2cc(Br)ccc2S1(=O)=O. The molecule has 0 saturated heterocycles. The normalized spacial score (nSPS) is 17.6. The molecule has 1 aromatic carbocycles. The van der Waals surface area contributed by atoms with E-state index in [2.05, 4.69) is 15.9 Å². The molecule has 5 nitrogen and oxygen atoms in total. The van der Waals surface area contributed by atoms with E-state index in [1.807, 2.05) is 26.8 Å². The summed E-state index contributed by atoms with van der Waals surface area (Å²) >= 11 is 3.37. The van der Waals surface area contributed by atoms with Gasteiger partial charge >= 0.3 is 5.97 Å². The fourth-order valence-electron chi connectivity index (χ4n) is 2.68. The summed E-state index contributed by atoms with van der Waals surface area (Å²) in [6.45, 7) is 9.40. The lowest BCUT2D eigenvalue weighted by molar-refractivity contribution is -0.158. The highest BCUT2D eigenvalue weighted by molar-refractivity contribution is 9.10. The minimum Gasteiger partial charge on any atom is -0.460 e. The number of sulfonamides is 1. The molecule has 0 atom stereocenters. The molecule has 0 fully saturated rings. The molecule has 0 saturated carbocycles. The van der Waals surface area contributed by atoms with Crippen LogP contribution in [0.1, 0.15) is 53.0 Å². The van der Waals surface area contributed by atoms with E-state index in [0.29, 0.717) is 11.3 Å². The van der Waals surface area contributed by atoms with Crippen LogP contribution in [-0.4, -0.2) is 29.8 Å². The van der Waals surface area contributed by atoms with Crippen molar-refractivity contribution in [1.82, 2.24) is 4.31 Å². The van der Waals surface area contributed by atoms with Crippen LogP contribution in [0.25, 0.3) is 0 Å². The third-order valence-electron chi connectivity index (χ3n) is 4.40. The maximum absolute atomic E-state index is 12.8. The number of fused-ring (bicyclic) bond motifs is 1. The lowest BCUT2D eigenvalue weighted by Gasteiger charge is -2.34. The van der Waals surface area contributed by atoms with Crippen molar-refractivity contribution in [2.45, 2.75) is 70.0 Å². The van der Waals surface area contributed by atoms with E-state index in [0.717, 1.165) is 10.0 Å². The molecule has 0 aliphatic carbocycles. The van der Waals surface area contributed by atoms with Crippen LogP contribution in [0.3, 0.4) is 0 Å². The van der Waals surface area contributed by atoms with Crippen LogP contribution >= 0.6 is 15.9 Å². The predicted molar refractivity (Wildman–Crippen MR) is 96.0 cm³/mol. The quantitative estimate of drug-likeness (QED) is 0.682. The zero-order valence-corrected chi connectivity index (χ0v) is 17.1. The highest BCUT2D eigenvalue weighted by Gasteiger charge is 2.44. The Kier molecular flexibility index (Phi) is 5.19. The monoisotopic (exact) mass is 417 g/mol. The zero-order chi connectivity index (χ0) is 18.3. The number of halogens is 1. The van der Waals surface area contributed by atoms with E-state index in [1.165, 1.54) is 4.31 Å². The third kappa shape index (κ3) is 3.83. The summed E-state index contributed by atoms with van der Waals surface area (Å²) in [5.41, 5.74) is -0.685. The summed E-state index contributed by atoms with van der Waals surface area (Å²) in [7, 11) is -3.61. The Morgan fingerprint density at radius 3 is 2.50 bits per heavy atom. The lowest BCUT2D eigenvalue weighted by atomic mass is 9.99. The van der Waals surface area contributed by atoms with Crippen molar-refractivity contribution in [3.05, 3.63) is 28.2 Å². The number of carbonyl (C=O) groups is 1. The van der Waals surface area contributed by atoms with Crippen molar-refractivity contribution in [2.24, 2.45) is 0 Å². The summed E-state index contributed by atoms with van der Waals surface area (Å²) in [5.74, 6) is -0.390. The number of nitrogens with zero attached hydrogens (tertiary/aromatic N) is 1. The van der Waals surface area contributed by atoms with Gasteiger partial charge in [0.15, 0.2) is 0 Å². The van der Waals surface area contributed by atoms with Gasteiger partial charge in [-0.25, -0.2) is 8.42 Å². The molecule has 0 N–H and O–H groups in total. The van der Waals surface area contributed by atoms with Gasteiger partial charge in [-0.1, -0.05) is 22.9 Å². The molecule has 0 bridgehead atoms. The molecule has 1 aliphatic rings. The number of carbonyl (C=O) groups excluding carboxylic acids is 1. The second-order valence-corrected chi connectivity index (χ2v) is 10.1. The lowest BCUT2D eigenvalue weighted by Crippen LogP contribution is -2.46. The van der Waals surface area contributed by atoms with Crippen molar-refractivity contribution >= 4 is 31.9 Å². The number of benzene rings is 1. The number of esters is 1. The molecule has 134 valence electrons. The molecule has 7 heteroatoms. The first-order chi connectivity index (χ1) is 10.9. The molecule has 2 rings (SSSR count). The number of hydrogen-bond donors (Lipinski definition) is 0. The second-order valence-electron chi connectivity index (χ2n) is 7.34. The van der Waals surface area contributed by atoms with E-state index < -0.39 is 21.2 Å². The van der Waals surface area contributed by atoms with Crippen LogP contribution in [0.15, 0.2) is 27.6 Å². The van der Waals surface area contributed by atoms with Crippen molar-refractivity contribution in [2.75, 3.05) is 0 Å². The molecule has 0 radical (unpaired) electrons. The highest BCUT2D eigenvalue weighted by Crippen LogP contribution is 2.38. The van der Waals surface area contributed by atoms with Gasteiger partial charge in [0.2, 0.25) is 10.0 Å². The van der Waals surface area contributed by atoms with Gasteiger partial charge in [-0.05, 0) is 57.9 Å². The molecule has 0 spiro atoms. The maximum atomic E-state index is 12.8. The van der Waals surface area contributed by atoms with Gasteiger partial charge in [0, 0.05) is 16.6 Å². The third-order valence-corrected chi connectivity index (χ3v) is 7.05. The summed E-state index contributed by atoms with van der Waals surface area (Å²) < 4.78 is 33.3. The molecule has 1 heterocycles. The van der Waals surface area contributed by atoms with Gasteiger partial charge in [-0.15, -0.1) is 0 Å². The van der Waals surface area contributed by atoms with E-state index in [1.54, 1.807) is 26.0 Å². The predicted octanol–water partition coefficient (Wildman–Crippen LogP) is 3.85. The average molecular weight is 418 g/mol. The first-order valence-electron chi connectivity index (χ1n) is 7.92. The van der Waals surface area contributed by atoms with E-state index in [4.69, 9.17) is 4.74 Å². The van der Waals surface area contributed by atoms with Gasteiger partial charge in [-0.3, -0.25) is 4.79 Å². The Morgan fingerprint density at radius 2 is 1.92 bits per heavy atom. The minimum atomic E-state index is -3.61.